The first-order valence-electron chi connectivity index (χ1n) is 9.26. The molecule has 0 fully saturated rings. The van der Waals surface area contributed by atoms with Crippen LogP contribution in [0.2, 0.25) is 5.02 Å². The van der Waals surface area contributed by atoms with E-state index in [1.54, 1.807) is 12.0 Å². The summed E-state index contributed by atoms with van der Waals surface area (Å²) in [6.07, 6.45) is -0.719. The number of aliphatic hydroxyl groups excluding tert-OH is 1. The largest absolute Gasteiger partial charge is 0.497 e. The summed E-state index contributed by atoms with van der Waals surface area (Å²) in [6.45, 7) is 1.74. The highest BCUT2D eigenvalue weighted by Gasteiger charge is 2.38. The molecular weight excluding hydrogens is 378 g/mol. The van der Waals surface area contributed by atoms with Gasteiger partial charge < -0.3 is 20.1 Å². The fourth-order valence-corrected chi connectivity index (χ4v) is 4.05. The fourth-order valence-electron chi connectivity index (χ4n) is 3.80. The van der Waals surface area contributed by atoms with E-state index >= 15 is 0 Å². The number of aliphatic imine (C=N–C) groups is 1. The van der Waals surface area contributed by atoms with Crippen LogP contribution in [-0.4, -0.2) is 49.7 Å². The summed E-state index contributed by atoms with van der Waals surface area (Å²) < 4.78 is 5.22. The van der Waals surface area contributed by atoms with Crippen molar-refractivity contribution in [2.75, 3.05) is 31.6 Å². The third kappa shape index (κ3) is 3.45. The first-order valence-corrected chi connectivity index (χ1v) is 9.64. The molecule has 0 bridgehead atoms. The predicted molar refractivity (Wildman–Crippen MR) is 110 cm³/mol. The van der Waals surface area contributed by atoms with Crippen molar-refractivity contribution in [3.63, 3.8) is 0 Å². The molecule has 2 aromatic carbocycles. The quantitative estimate of drug-likeness (QED) is 0.827. The number of rotatable bonds is 4. The summed E-state index contributed by atoms with van der Waals surface area (Å²) in [5.41, 5.74) is 2.45. The highest BCUT2D eigenvalue weighted by atomic mass is 35.5. The third-order valence-electron chi connectivity index (χ3n) is 5.30. The van der Waals surface area contributed by atoms with Crippen LogP contribution in [0.5, 0.6) is 5.75 Å². The lowest BCUT2D eigenvalue weighted by Gasteiger charge is -2.25. The average molecular weight is 400 g/mol. The number of nitrogens with one attached hydrogen (secondary N) is 1. The van der Waals surface area contributed by atoms with E-state index in [2.05, 4.69) is 10.3 Å². The molecule has 2 aliphatic heterocycles. The molecular formula is C21H22ClN3O3. The Kier molecular flexibility index (Phi) is 5.24. The second-order valence-electron chi connectivity index (χ2n) is 6.95. The molecule has 0 aliphatic carbocycles. The van der Waals surface area contributed by atoms with Gasteiger partial charge in [-0.3, -0.25) is 9.79 Å². The molecule has 0 saturated heterocycles. The van der Waals surface area contributed by atoms with Crippen molar-refractivity contribution in [2.24, 2.45) is 4.99 Å². The Balaban J connectivity index is 1.75. The van der Waals surface area contributed by atoms with Gasteiger partial charge in [0, 0.05) is 23.2 Å². The molecule has 146 valence electrons. The zero-order chi connectivity index (χ0) is 19.7. The van der Waals surface area contributed by atoms with Gasteiger partial charge in [-0.15, -0.1) is 0 Å². The van der Waals surface area contributed by atoms with Crippen LogP contribution >= 0.6 is 11.6 Å². The second kappa shape index (κ2) is 7.81. The minimum atomic E-state index is -1.18. The summed E-state index contributed by atoms with van der Waals surface area (Å²) in [7, 11) is 1.60. The van der Waals surface area contributed by atoms with Gasteiger partial charge in [-0.1, -0.05) is 29.8 Å². The van der Waals surface area contributed by atoms with Gasteiger partial charge in [-0.2, -0.15) is 0 Å². The van der Waals surface area contributed by atoms with Crippen LogP contribution in [0.3, 0.4) is 0 Å². The molecule has 0 unspecified atom stereocenters. The topological polar surface area (TPSA) is 74.2 Å². The third-order valence-corrected chi connectivity index (χ3v) is 5.66. The molecule has 4 rings (SSSR count). The van der Waals surface area contributed by atoms with Crippen LogP contribution in [0.15, 0.2) is 47.5 Å². The summed E-state index contributed by atoms with van der Waals surface area (Å²) >= 11 is 6.51. The maximum Gasteiger partial charge on any atom is 0.256 e. The van der Waals surface area contributed by atoms with Crippen LogP contribution < -0.4 is 15.0 Å². The van der Waals surface area contributed by atoms with E-state index in [-0.39, 0.29) is 5.91 Å². The molecule has 2 aliphatic rings. The van der Waals surface area contributed by atoms with Gasteiger partial charge in [-0.05, 0) is 41.8 Å². The molecule has 1 amide bonds. The molecule has 7 heteroatoms. The van der Waals surface area contributed by atoms with Gasteiger partial charge in [0.25, 0.3) is 5.91 Å². The number of ether oxygens (including phenoxy) is 1. The number of anilines is 1. The van der Waals surface area contributed by atoms with Crippen LogP contribution in [0.25, 0.3) is 0 Å². The Hall–Kier alpha value is -2.57. The van der Waals surface area contributed by atoms with Crippen LogP contribution in [0.4, 0.5) is 5.69 Å². The number of fused-ring (bicyclic) bond motifs is 1. The van der Waals surface area contributed by atoms with Crippen LogP contribution in [0.1, 0.15) is 17.0 Å². The van der Waals surface area contributed by atoms with E-state index in [4.69, 9.17) is 16.3 Å². The van der Waals surface area contributed by atoms with Gasteiger partial charge in [-0.25, -0.2) is 0 Å². The molecule has 2 atom stereocenters. The molecule has 2 heterocycles. The highest BCUT2D eigenvalue weighted by Crippen LogP contribution is 2.38. The molecule has 6 nitrogen and oxygen atoms in total. The van der Waals surface area contributed by atoms with Gasteiger partial charge in [0.05, 0.1) is 20.2 Å². The lowest BCUT2D eigenvalue weighted by molar-refractivity contribution is -0.127. The molecule has 0 saturated carbocycles. The zero-order valence-electron chi connectivity index (χ0n) is 15.6. The number of aliphatic hydroxyl groups is 1. The number of hydrogen-bond acceptors (Lipinski definition) is 5. The average Bonchev–Trinajstić information content (AvgIpc) is 3.20. The summed E-state index contributed by atoms with van der Waals surface area (Å²) in [5.74, 6) is 0.719. The lowest BCUT2D eigenvalue weighted by Crippen LogP contribution is -2.45. The maximum absolute atomic E-state index is 13.2. The van der Waals surface area contributed by atoms with Gasteiger partial charge >= 0.3 is 0 Å². The second-order valence-corrected chi connectivity index (χ2v) is 7.35. The molecule has 28 heavy (non-hydrogen) atoms. The van der Waals surface area contributed by atoms with E-state index in [0.29, 0.717) is 24.5 Å². The van der Waals surface area contributed by atoms with E-state index in [9.17, 15) is 9.90 Å². The summed E-state index contributed by atoms with van der Waals surface area (Å²) in [4.78, 5) is 19.2. The Labute approximate surface area is 168 Å². The van der Waals surface area contributed by atoms with Crippen molar-refractivity contribution >= 4 is 29.0 Å². The Bertz CT molecular complexity index is 914. The number of amides is 1. The minimum Gasteiger partial charge on any atom is -0.497 e. The van der Waals surface area contributed by atoms with Crippen molar-refractivity contribution in [3.8, 4) is 5.75 Å². The Morgan fingerprint density at radius 1 is 1.29 bits per heavy atom. The number of nitrogens with zero attached hydrogens (tertiary/aromatic N) is 2. The number of carbonyl (C=O) groups excluding carboxylic acids is 1. The molecule has 2 N–H and O–H groups in total. The monoisotopic (exact) mass is 399 g/mol. The van der Waals surface area contributed by atoms with Crippen molar-refractivity contribution < 1.29 is 14.6 Å². The van der Waals surface area contributed by atoms with E-state index in [1.807, 2.05) is 42.5 Å². The SMILES string of the molecule is COc1ccc([C@@H]2Cc3c(Cl)cccc3N(CC3=NCCN3)C(=O)[C@@H]2O)cc1. The standard InChI is InChI=1S/C21H22ClN3O3/c1-28-14-7-5-13(6-8-14)15-11-16-17(22)3-2-4-18(16)25(21(27)20(15)26)12-19-23-9-10-24-19/h2-8,15,20,26H,9-12H2,1H3,(H,23,24)/t15-,20+/m0/s1. The molecule has 0 spiro atoms. The van der Waals surface area contributed by atoms with E-state index in [1.165, 1.54) is 0 Å². The Morgan fingerprint density at radius 3 is 2.75 bits per heavy atom. The van der Waals surface area contributed by atoms with Crippen molar-refractivity contribution in [3.05, 3.63) is 58.6 Å². The first kappa shape index (κ1) is 18.8. The van der Waals surface area contributed by atoms with Crippen molar-refractivity contribution in [1.82, 2.24) is 5.32 Å². The number of amidine groups is 1. The highest BCUT2D eigenvalue weighted by molar-refractivity contribution is 6.32. The first-order chi connectivity index (χ1) is 13.6. The molecule has 0 aromatic heterocycles. The number of benzene rings is 2. The summed E-state index contributed by atoms with van der Waals surface area (Å²) in [6, 6.07) is 12.9. The normalized spacial score (nSPS) is 21.6. The van der Waals surface area contributed by atoms with Gasteiger partial charge in [0.2, 0.25) is 0 Å². The van der Waals surface area contributed by atoms with E-state index < -0.39 is 12.0 Å². The maximum atomic E-state index is 13.2. The number of methoxy groups -OCH3 is 1. The summed E-state index contributed by atoms with van der Waals surface area (Å²) in [5, 5.41) is 14.8. The van der Waals surface area contributed by atoms with Crippen molar-refractivity contribution in [2.45, 2.75) is 18.4 Å². The smallest absolute Gasteiger partial charge is 0.256 e. The minimum absolute atomic E-state index is 0.290. The number of hydrogen-bond donors (Lipinski definition) is 2. The molecule has 0 radical (unpaired) electrons. The van der Waals surface area contributed by atoms with Crippen LogP contribution in [-0.2, 0) is 11.2 Å². The fraction of sp³-hybridized carbons (Fsp3) is 0.333. The number of halogens is 1. The lowest BCUT2D eigenvalue weighted by atomic mass is 9.88. The number of carbonyl (C=O) groups is 1. The Morgan fingerprint density at radius 2 is 2.07 bits per heavy atom. The van der Waals surface area contributed by atoms with Crippen LogP contribution in [0, 0.1) is 0 Å². The van der Waals surface area contributed by atoms with Gasteiger partial charge in [0.15, 0.2) is 0 Å². The van der Waals surface area contributed by atoms with E-state index in [0.717, 1.165) is 34.9 Å². The van der Waals surface area contributed by atoms with Gasteiger partial charge in [0.1, 0.15) is 17.7 Å². The predicted octanol–water partition coefficient (Wildman–Crippen LogP) is 2.38. The zero-order valence-corrected chi connectivity index (χ0v) is 16.3. The van der Waals surface area contributed by atoms with Crippen molar-refractivity contribution in [1.29, 1.82) is 0 Å². The molecule has 2 aromatic rings.